The average molecular weight is 283 g/mol. The number of amides is 1. The summed E-state index contributed by atoms with van der Waals surface area (Å²) >= 11 is 0. The molecular weight excluding hydrogens is 275 g/mol. The van der Waals surface area contributed by atoms with Crippen LogP contribution in [0.3, 0.4) is 0 Å². The maximum Gasteiger partial charge on any atom is 0.425 e. The van der Waals surface area contributed by atoms with Gasteiger partial charge in [0.15, 0.2) is 0 Å². The Balaban J connectivity index is 2.59. The first-order valence-corrected chi connectivity index (χ1v) is 5.36. The number of halogens is 3. The van der Waals surface area contributed by atoms with Crippen molar-refractivity contribution in [1.29, 1.82) is 5.26 Å². The van der Waals surface area contributed by atoms with Gasteiger partial charge in [0.05, 0.1) is 17.8 Å². The highest BCUT2D eigenvalue weighted by atomic mass is 19.4. The first-order chi connectivity index (χ1) is 9.33. The standard InChI is InChI=1S/C11H8F3N5O/c1-6-7(4-15)10(9(20)18-6,11(12,13)14)19-8-5-16-2-3-17-8/h2-3,5H,1H3,(H,17,19)(H,18,20). The van der Waals surface area contributed by atoms with Crippen molar-refractivity contribution in [1.82, 2.24) is 15.3 Å². The van der Waals surface area contributed by atoms with Gasteiger partial charge < -0.3 is 10.6 Å². The molecule has 0 saturated heterocycles. The Morgan fingerprint density at radius 3 is 2.65 bits per heavy atom. The van der Waals surface area contributed by atoms with E-state index in [1.165, 1.54) is 25.4 Å². The minimum atomic E-state index is -5.02. The lowest BCUT2D eigenvalue weighted by Crippen LogP contribution is -2.59. The third-order valence-electron chi connectivity index (χ3n) is 2.81. The number of aromatic nitrogens is 2. The molecule has 2 heterocycles. The third kappa shape index (κ3) is 1.85. The predicted molar refractivity (Wildman–Crippen MR) is 60.9 cm³/mol. The monoisotopic (exact) mass is 283 g/mol. The summed E-state index contributed by atoms with van der Waals surface area (Å²) in [7, 11) is 0. The maximum atomic E-state index is 13.4. The molecule has 6 nitrogen and oxygen atoms in total. The van der Waals surface area contributed by atoms with Gasteiger partial charge in [-0.2, -0.15) is 18.4 Å². The Kier molecular flexibility index (Phi) is 3.09. The van der Waals surface area contributed by atoms with Gasteiger partial charge in [0, 0.05) is 18.1 Å². The van der Waals surface area contributed by atoms with Gasteiger partial charge >= 0.3 is 6.18 Å². The number of hydrogen-bond acceptors (Lipinski definition) is 5. The molecular formula is C11H8F3N5O. The predicted octanol–water partition coefficient (Wildman–Crippen LogP) is 1.12. The number of allylic oxidation sites excluding steroid dienone is 1. The second-order valence-electron chi connectivity index (χ2n) is 4.03. The molecule has 0 aliphatic carbocycles. The van der Waals surface area contributed by atoms with E-state index >= 15 is 0 Å². The van der Waals surface area contributed by atoms with E-state index in [2.05, 4.69) is 9.97 Å². The molecule has 1 aromatic rings. The number of anilines is 1. The van der Waals surface area contributed by atoms with E-state index in [1.54, 1.807) is 0 Å². The van der Waals surface area contributed by atoms with Crippen molar-refractivity contribution in [2.45, 2.75) is 18.6 Å². The van der Waals surface area contributed by atoms with Crippen molar-refractivity contribution in [2.75, 3.05) is 5.32 Å². The number of carbonyl (C=O) groups excluding carboxylic acids is 1. The first-order valence-electron chi connectivity index (χ1n) is 5.36. The van der Waals surface area contributed by atoms with Gasteiger partial charge in [-0.25, -0.2) is 4.98 Å². The summed E-state index contributed by atoms with van der Waals surface area (Å²) in [5, 5.41) is 13.0. The summed E-state index contributed by atoms with van der Waals surface area (Å²) in [4.78, 5) is 19.0. The lowest BCUT2D eigenvalue weighted by Gasteiger charge is -2.30. The lowest BCUT2D eigenvalue weighted by molar-refractivity contribution is -0.174. The van der Waals surface area contributed by atoms with Crippen LogP contribution in [0, 0.1) is 11.3 Å². The van der Waals surface area contributed by atoms with Gasteiger partial charge in [-0.1, -0.05) is 0 Å². The summed E-state index contributed by atoms with van der Waals surface area (Å²) in [6, 6.07) is 1.43. The molecule has 0 fully saturated rings. The Morgan fingerprint density at radius 1 is 1.45 bits per heavy atom. The van der Waals surface area contributed by atoms with Gasteiger partial charge in [-0.15, -0.1) is 0 Å². The van der Waals surface area contributed by atoms with Crippen LogP contribution in [-0.2, 0) is 4.79 Å². The summed E-state index contributed by atoms with van der Waals surface area (Å²) in [5.74, 6) is -1.63. The number of carbonyl (C=O) groups is 1. The molecule has 1 aliphatic heterocycles. The van der Waals surface area contributed by atoms with Gasteiger partial charge in [0.1, 0.15) is 5.82 Å². The minimum Gasteiger partial charge on any atom is -0.343 e. The quantitative estimate of drug-likeness (QED) is 0.848. The third-order valence-corrected chi connectivity index (χ3v) is 2.81. The molecule has 9 heteroatoms. The fourth-order valence-corrected chi connectivity index (χ4v) is 1.91. The van der Waals surface area contributed by atoms with Gasteiger partial charge in [-0.3, -0.25) is 9.78 Å². The average Bonchev–Trinajstić information content (AvgIpc) is 2.61. The zero-order valence-corrected chi connectivity index (χ0v) is 10.1. The molecule has 2 N–H and O–H groups in total. The van der Waals surface area contributed by atoms with Crippen LogP contribution in [-0.4, -0.2) is 27.6 Å². The number of nitrogens with one attached hydrogen (secondary N) is 2. The fourth-order valence-electron chi connectivity index (χ4n) is 1.91. The van der Waals surface area contributed by atoms with E-state index in [-0.39, 0.29) is 11.5 Å². The van der Waals surface area contributed by atoms with Crippen molar-refractivity contribution < 1.29 is 18.0 Å². The summed E-state index contributed by atoms with van der Waals surface area (Å²) in [6.45, 7) is 1.22. The summed E-state index contributed by atoms with van der Waals surface area (Å²) < 4.78 is 40.2. The zero-order valence-electron chi connectivity index (χ0n) is 10.1. The zero-order chi connectivity index (χ0) is 15.0. The van der Waals surface area contributed by atoms with Crippen LogP contribution in [0.15, 0.2) is 29.9 Å². The van der Waals surface area contributed by atoms with Gasteiger partial charge in [0.2, 0.25) is 0 Å². The Bertz CT molecular complexity index is 619. The maximum absolute atomic E-state index is 13.4. The van der Waals surface area contributed by atoms with Crippen molar-refractivity contribution in [3.8, 4) is 6.07 Å². The second-order valence-corrected chi connectivity index (χ2v) is 4.03. The summed E-state index contributed by atoms with van der Waals surface area (Å²) in [5.41, 5.74) is -4.03. The second kappa shape index (κ2) is 4.48. The molecule has 0 spiro atoms. The SMILES string of the molecule is CC1=C(C#N)C(Nc2cnccn2)(C(F)(F)F)C(=O)N1. The highest BCUT2D eigenvalue weighted by Gasteiger charge is 2.67. The number of nitrogens with zero attached hydrogens (tertiary/aromatic N) is 3. The molecule has 1 aromatic heterocycles. The highest BCUT2D eigenvalue weighted by molar-refractivity contribution is 6.00. The largest absolute Gasteiger partial charge is 0.425 e. The number of nitriles is 1. The van der Waals surface area contributed by atoms with Gasteiger partial charge in [0.25, 0.3) is 11.4 Å². The fraction of sp³-hybridized carbons (Fsp3) is 0.273. The molecule has 0 radical (unpaired) electrons. The van der Waals surface area contributed by atoms with E-state index in [9.17, 15) is 18.0 Å². The molecule has 0 saturated carbocycles. The highest BCUT2D eigenvalue weighted by Crippen LogP contribution is 2.42. The molecule has 104 valence electrons. The van der Waals surface area contributed by atoms with Crippen LogP contribution in [0.5, 0.6) is 0 Å². The van der Waals surface area contributed by atoms with E-state index < -0.39 is 23.2 Å². The topological polar surface area (TPSA) is 90.7 Å². The molecule has 2 rings (SSSR count). The van der Waals surface area contributed by atoms with Crippen LogP contribution in [0.4, 0.5) is 19.0 Å². The Labute approximate surface area is 111 Å². The van der Waals surface area contributed by atoms with E-state index in [0.717, 1.165) is 6.20 Å². The number of alkyl halides is 3. The minimum absolute atomic E-state index is 0.147. The van der Waals surface area contributed by atoms with Crippen LogP contribution in [0.25, 0.3) is 0 Å². The number of rotatable bonds is 2. The smallest absolute Gasteiger partial charge is 0.343 e. The molecule has 1 atom stereocenters. The summed E-state index contributed by atoms with van der Waals surface area (Å²) in [6.07, 6.45) is -1.55. The Morgan fingerprint density at radius 2 is 2.15 bits per heavy atom. The van der Waals surface area contributed by atoms with Crippen molar-refractivity contribution in [3.63, 3.8) is 0 Å². The van der Waals surface area contributed by atoms with Gasteiger partial charge in [-0.05, 0) is 6.92 Å². The molecule has 1 amide bonds. The normalized spacial score (nSPS) is 22.4. The van der Waals surface area contributed by atoms with E-state index in [0.29, 0.717) is 0 Å². The van der Waals surface area contributed by atoms with Crippen molar-refractivity contribution in [2.24, 2.45) is 0 Å². The number of hydrogen-bond donors (Lipinski definition) is 2. The van der Waals surface area contributed by atoms with Crippen LogP contribution >= 0.6 is 0 Å². The molecule has 0 bridgehead atoms. The van der Waals surface area contributed by atoms with Crippen molar-refractivity contribution in [3.05, 3.63) is 29.9 Å². The van der Waals surface area contributed by atoms with Crippen LogP contribution in [0.2, 0.25) is 0 Å². The Hall–Kier alpha value is -2.63. The molecule has 0 aromatic carbocycles. The molecule has 1 unspecified atom stereocenters. The van der Waals surface area contributed by atoms with E-state index in [1.807, 2.05) is 10.6 Å². The lowest BCUT2D eigenvalue weighted by atomic mass is 9.90. The van der Waals surface area contributed by atoms with Crippen molar-refractivity contribution >= 4 is 11.7 Å². The first kappa shape index (κ1) is 13.8. The molecule has 1 aliphatic rings. The molecule has 20 heavy (non-hydrogen) atoms. The van der Waals surface area contributed by atoms with Crippen LogP contribution < -0.4 is 10.6 Å². The van der Waals surface area contributed by atoms with Crippen LogP contribution in [0.1, 0.15) is 6.92 Å². The van der Waals surface area contributed by atoms with E-state index in [4.69, 9.17) is 5.26 Å².